The van der Waals surface area contributed by atoms with Crippen LogP contribution < -0.4 is 0 Å². The van der Waals surface area contributed by atoms with Crippen LogP contribution >= 0.6 is 22.7 Å². The predicted molar refractivity (Wildman–Crippen MR) is 110 cm³/mol. The average molecular weight is 394 g/mol. The minimum Gasteiger partial charge on any atom is -0.330 e. The molecule has 0 bridgehead atoms. The van der Waals surface area contributed by atoms with E-state index in [0.29, 0.717) is 13.0 Å². The lowest BCUT2D eigenvalue weighted by atomic mass is 9.98. The topological polar surface area (TPSA) is 38.1 Å². The van der Waals surface area contributed by atoms with Gasteiger partial charge in [0.25, 0.3) is 0 Å². The van der Waals surface area contributed by atoms with Gasteiger partial charge in [0.05, 0.1) is 23.4 Å². The zero-order valence-corrected chi connectivity index (χ0v) is 16.4. The Morgan fingerprint density at radius 3 is 2.93 bits per heavy atom. The monoisotopic (exact) mass is 393 g/mol. The molecule has 1 amide bonds. The fraction of sp³-hybridized carbons (Fsp3) is 0.238. The normalized spacial score (nSPS) is 16.6. The number of benzene rings is 1. The largest absolute Gasteiger partial charge is 0.330 e. The molecule has 27 heavy (non-hydrogen) atoms. The van der Waals surface area contributed by atoms with Crippen LogP contribution in [0.25, 0.3) is 11.0 Å². The molecule has 0 unspecified atom stereocenters. The number of amides is 1. The van der Waals surface area contributed by atoms with Gasteiger partial charge >= 0.3 is 0 Å². The van der Waals surface area contributed by atoms with Gasteiger partial charge in [0.1, 0.15) is 0 Å². The first kappa shape index (κ1) is 16.7. The van der Waals surface area contributed by atoms with Gasteiger partial charge < -0.3 is 9.47 Å². The van der Waals surface area contributed by atoms with Crippen molar-refractivity contribution in [2.75, 3.05) is 6.54 Å². The molecule has 1 aromatic carbocycles. The van der Waals surface area contributed by atoms with Crippen molar-refractivity contribution in [2.45, 2.75) is 25.4 Å². The second kappa shape index (κ2) is 6.94. The molecule has 0 radical (unpaired) electrons. The molecule has 136 valence electrons. The number of rotatable bonds is 4. The number of nitrogens with zero attached hydrogens (tertiary/aromatic N) is 3. The van der Waals surface area contributed by atoms with Crippen LogP contribution in [0.4, 0.5) is 0 Å². The minimum absolute atomic E-state index is 0.0621. The standard InChI is InChI=1S/C21H19N3OS2/c25-20(8-10-23-14-22-16-4-1-2-5-17(16)23)24-11-7-18-15(9-13-27-18)21(24)19-6-3-12-26-19/h1-6,9,12-14,21H,7-8,10-11H2/t21-/m1/s1. The lowest BCUT2D eigenvalue weighted by Gasteiger charge is -2.35. The van der Waals surface area contributed by atoms with Crippen molar-refractivity contribution in [1.82, 2.24) is 14.5 Å². The summed E-state index contributed by atoms with van der Waals surface area (Å²) in [7, 11) is 0. The van der Waals surface area contributed by atoms with E-state index in [9.17, 15) is 4.79 Å². The van der Waals surface area contributed by atoms with Crippen molar-refractivity contribution in [3.8, 4) is 0 Å². The molecular formula is C21H19N3OS2. The van der Waals surface area contributed by atoms with Crippen molar-refractivity contribution in [3.63, 3.8) is 0 Å². The lowest BCUT2D eigenvalue weighted by molar-refractivity contribution is -0.133. The summed E-state index contributed by atoms with van der Waals surface area (Å²) in [5.41, 5.74) is 3.36. The number of carbonyl (C=O) groups excluding carboxylic acids is 1. The summed E-state index contributed by atoms with van der Waals surface area (Å²) < 4.78 is 2.08. The SMILES string of the molecule is O=C(CCn1cnc2ccccc21)N1CCc2sccc2[C@@H]1c1cccs1. The van der Waals surface area contributed by atoms with Gasteiger partial charge in [0.15, 0.2) is 0 Å². The minimum atomic E-state index is 0.0621. The van der Waals surface area contributed by atoms with Crippen LogP contribution in [0, 0.1) is 0 Å². The molecule has 3 aromatic heterocycles. The fourth-order valence-electron chi connectivity index (χ4n) is 3.89. The lowest BCUT2D eigenvalue weighted by Crippen LogP contribution is -2.40. The molecule has 1 aliphatic rings. The third kappa shape index (κ3) is 2.99. The van der Waals surface area contributed by atoms with Crippen LogP contribution in [0.3, 0.4) is 0 Å². The summed E-state index contributed by atoms with van der Waals surface area (Å²) >= 11 is 3.54. The fourth-order valence-corrected chi connectivity index (χ4v) is 5.65. The number of hydrogen-bond donors (Lipinski definition) is 0. The second-order valence-electron chi connectivity index (χ2n) is 6.73. The highest BCUT2D eigenvalue weighted by molar-refractivity contribution is 7.10. The Morgan fingerprint density at radius 2 is 2.04 bits per heavy atom. The highest BCUT2D eigenvalue weighted by atomic mass is 32.1. The number of aromatic nitrogens is 2. The van der Waals surface area contributed by atoms with Crippen molar-refractivity contribution in [2.24, 2.45) is 0 Å². The molecule has 0 spiro atoms. The van der Waals surface area contributed by atoms with Crippen LogP contribution in [0.15, 0.2) is 59.6 Å². The van der Waals surface area contributed by atoms with E-state index in [0.717, 1.165) is 24.0 Å². The molecule has 4 nitrogen and oxygen atoms in total. The quantitative estimate of drug-likeness (QED) is 0.503. The summed E-state index contributed by atoms with van der Waals surface area (Å²) in [5, 5.41) is 4.24. The van der Waals surface area contributed by atoms with Crippen LogP contribution in [0.2, 0.25) is 0 Å². The van der Waals surface area contributed by atoms with Gasteiger partial charge in [-0.05, 0) is 47.0 Å². The summed E-state index contributed by atoms with van der Waals surface area (Å²) in [6.07, 6.45) is 3.28. The molecular weight excluding hydrogens is 374 g/mol. The van der Waals surface area contributed by atoms with Gasteiger partial charge in [0.2, 0.25) is 5.91 Å². The number of hydrogen-bond acceptors (Lipinski definition) is 4. The van der Waals surface area contributed by atoms with E-state index in [4.69, 9.17) is 0 Å². The Kier molecular flexibility index (Phi) is 4.30. The van der Waals surface area contributed by atoms with Crippen LogP contribution in [-0.2, 0) is 17.8 Å². The maximum Gasteiger partial charge on any atom is 0.225 e. The number of imidazole rings is 1. The van der Waals surface area contributed by atoms with E-state index in [1.54, 1.807) is 11.3 Å². The molecule has 1 atom stereocenters. The third-order valence-electron chi connectivity index (χ3n) is 5.19. The first-order chi connectivity index (χ1) is 13.3. The third-order valence-corrected chi connectivity index (χ3v) is 7.11. The van der Waals surface area contributed by atoms with E-state index >= 15 is 0 Å². The van der Waals surface area contributed by atoms with E-state index in [1.165, 1.54) is 15.3 Å². The van der Waals surface area contributed by atoms with Gasteiger partial charge in [-0.15, -0.1) is 22.7 Å². The second-order valence-corrected chi connectivity index (χ2v) is 8.71. The van der Waals surface area contributed by atoms with Crippen LogP contribution in [0.5, 0.6) is 0 Å². The maximum atomic E-state index is 13.2. The van der Waals surface area contributed by atoms with Crippen LogP contribution in [-0.4, -0.2) is 26.9 Å². The van der Waals surface area contributed by atoms with Gasteiger partial charge in [-0.2, -0.15) is 0 Å². The Balaban J connectivity index is 1.39. The summed E-state index contributed by atoms with van der Waals surface area (Å²) in [5.74, 6) is 0.211. The Morgan fingerprint density at radius 1 is 1.11 bits per heavy atom. The van der Waals surface area contributed by atoms with Crippen molar-refractivity contribution < 1.29 is 4.79 Å². The maximum absolute atomic E-state index is 13.2. The van der Waals surface area contributed by atoms with Gasteiger partial charge in [-0.1, -0.05) is 18.2 Å². The number of carbonyl (C=O) groups is 1. The highest BCUT2D eigenvalue weighted by Gasteiger charge is 2.33. The first-order valence-electron chi connectivity index (χ1n) is 9.10. The number of fused-ring (bicyclic) bond motifs is 2. The summed E-state index contributed by atoms with van der Waals surface area (Å²) in [6, 6.07) is 14.5. The average Bonchev–Trinajstić information content (AvgIpc) is 3.45. The smallest absolute Gasteiger partial charge is 0.225 e. The van der Waals surface area contributed by atoms with Crippen molar-refractivity contribution >= 4 is 39.6 Å². The molecule has 0 saturated carbocycles. The molecule has 0 fully saturated rings. The van der Waals surface area contributed by atoms with E-state index < -0.39 is 0 Å². The number of thiophene rings is 2. The van der Waals surface area contributed by atoms with Crippen molar-refractivity contribution in [1.29, 1.82) is 0 Å². The molecule has 0 N–H and O–H groups in total. The highest BCUT2D eigenvalue weighted by Crippen LogP contribution is 2.39. The Labute approximate surface area is 165 Å². The van der Waals surface area contributed by atoms with E-state index in [-0.39, 0.29) is 11.9 Å². The summed E-state index contributed by atoms with van der Waals surface area (Å²) in [6.45, 7) is 1.45. The first-order valence-corrected chi connectivity index (χ1v) is 10.9. The number of para-hydroxylation sites is 2. The molecule has 4 aromatic rings. The molecule has 1 aliphatic heterocycles. The molecule has 0 saturated heterocycles. The van der Waals surface area contributed by atoms with Gasteiger partial charge in [0, 0.05) is 29.3 Å². The summed E-state index contributed by atoms with van der Waals surface area (Å²) in [4.78, 5) is 22.3. The van der Waals surface area contributed by atoms with Crippen LogP contribution in [0.1, 0.15) is 27.8 Å². The number of aryl methyl sites for hydroxylation is 1. The van der Waals surface area contributed by atoms with E-state index in [1.807, 2.05) is 35.9 Å². The zero-order valence-electron chi connectivity index (χ0n) is 14.7. The van der Waals surface area contributed by atoms with Gasteiger partial charge in [-0.25, -0.2) is 4.98 Å². The zero-order chi connectivity index (χ0) is 18.2. The van der Waals surface area contributed by atoms with Gasteiger partial charge in [-0.3, -0.25) is 4.79 Å². The predicted octanol–water partition coefficient (Wildman–Crippen LogP) is 4.72. The molecule has 4 heterocycles. The molecule has 5 rings (SSSR count). The van der Waals surface area contributed by atoms with Crippen molar-refractivity contribution in [3.05, 3.63) is 74.9 Å². The Hall–Kier alpha value is -2.44. The molecule has 0 aliphatic carbocycles. The van der Waals surface area contributed by atoms with E-state index in [2.05, 4.69) is 49.5 Å². The Bertz CT molecular complexity index is 1080. The molecule has 6 heteroatoms.